The van der Waals surface area contributed by atoms with E-state index in [2.05, 4.69) is 5.32 Å². The fraction of sp³-hybridized carbons (Fsp3) is 0.400. The quantitative estimate of drug-likeness (QED) is 0.793. The highest BCUT2D eigenvalue weighted by molar-refractivity contribution is 5.97. The highest BCUT2D eigenvalue weighted by Gasteiger charge is 2.27. The maximum absolute atomic E-state index is 13.2. The van der Waals surface area contributed by atoms with Crippen LogP contribution in [-0.4, -0.2) is 54.1 Å². The Hall–Kier alpha value is -2.64. The molecule has 0 aliphatic carbocycles. The van der Waals surface area contributed by atoms with Gasteiger partial charge in [-0.1, -0.05) is 6.07 Å². The lowest BCUT2D eigenvalue weighted by Crippen LogP contribution is -2.55. The molecule has 1 aliphatic heterocycles. The second-order valence-electron chi connectivity index (χ2n) is 5.18. The highest BCUT2D eigenvalue weighted by Crippen LogP contribution is 2.18. The van der Waals surface area contributed by atoms with Crippen molar-refractivity contribution in [1.82, 2.24) is 10.2 Å². The largest absolute Gasteiger partial charge is 0.481 e. The predicted molar refractivity (Wildman–Crippen MR) is 80.6 cm³/mol. The van der Waals surface area contributed by atoms with E-state index in [1.807, 2.05) is 0 Å². The van der Waals surface area contributed by atoms with Crippen molar-refractivity contribution in [2.75, 3.05) is 31.1 Å². The first-order valence-electron chi connectivity index (χ1n) is 7.28. The molecule has 1 heterocycles. The number of amides is 3. The number of carboxylic acid groups (broad SMARTS) is 1. The van der Waals surface area contributed by atoms with Gasteiger partial charge in [-0.05, 0) is 24.6 Å². The van der Waals surface area contributed by atoms with Crippen LogP contribution in [0.25, 0.3) is 0 Å². The van der Waals surface area contributed by atoms with Crippen molar-refractivity contribution >= 4 is 23.6 Å². The lowest BCUT2D eigenvalue weighted by Gasteiger charge is -2.34. The van der Waals surface area contributed by atoms with Gasteiger partial charge < -0.3 is 20.2 Å². The average molecular weight is 323 g/mol. The van der Waals surface area contributed by atoms with Gasteiger partial charge in [-0.2, -0.15) is 0 Å². The Bertz CT molecular complexity index is 608. The molecule has 0 bridgehead atoms. The Morgan fingerprint density at radius 1 is 1.30 bits per heavy atom. The van der Waals surface area contributed by atoms with Crippen LogP contribution in [0.5, 0.6) is 0 Å². The SMILES string of the molecule is O=C(O)CCCNC(=O)N1CCN(c2cccc(F)c2)C(=O)C1. The van der Waals surface area contributed by atoms with E-state index in [4.69, 9.17) is 5.11 Å². The summed E-state index contributed by atoms with van der Waals surface area (Å²) in [6.07, 6.45) is 0.310. The van der Waals surface area contributed by atoms with E-state index in [1.165, 1.54) is 28.0 Å². The zero-order valence-electron chi connectivity index (χ0n) is 12.5. The number of benzene rings is 1. The summed E-state index contributed by atoms with van der Waals surface area (Å²) in [6, 6.07) is 5.35. The van der Waals surface area contributed by atoms with Crippen LogP contribution < -0.4 is 10.2 Å². The van der Waals surface area contributed by atoms with Crippen molar-refractivity contribution in [3.63, 3.8) is 0 Å². The molecule has 7 nitrogen and oxygen atoms in total. The summed E-state index contributed by atoms with van der Waals surface area (Å²) in [5, 5.41) is 11.1. The van der Waals surface area contributed by atoms with E-state index >= 15 is 0 Å². The molecule has 0 radical (unpaired) electrons. The molecule has 1 aromatic rings. The van der Waals surface area contributed by atoms with E-state index in [1.54, 1.807) is 6.07 Å². The number of carbonyl (C=O) groups excluding carboxylic acids is 2. The minimum atomic E-state index is -0.918. The summed E-state index contributed by atoms with van der Waals surface area (Å²) >= 11 is 0. The van der Waals surface area contributed by atoms with Crippen LogP contribution in [0.15, 0.2) is 24.3 Å². The molecule has 1 aliphatic rings. The molecule has 124 valence electrons. The van der Waals surface area contributed by atoms with E-state index < -0.39 is 17.8 Å². The van der Waals surface area contributed by atoms with Gasteiger partial charge in [-0.15, -0.1) is 0 Å². The molecule has 3 amide bonds. The molecule has 1 fully saturated rings. The molecular formula is C15H18FN3O4. The Morgan fingerprint density at radius 2 is 2.09 bits per heavy atom. The van der Waals surface area contributed by atoms with Crippen molar-refractivity contribution in [2.45, 2.75) is 12.8 Å². The molecule has 0 spiro atoms. The Morgan fingerprint density at radius 3 is 2.74 bits per heavy atom. The fourth-order valence-corrected chi connectivity index (χ4v) is 2.31. The summed E-state index contributed by atoms with van der Waals surface area (Å²) in [4.78, 5) is 37.3. The van der Waals surface area contributed by atoms with Crippen LogP contribution in [0.2, 0.25) is 0 Å². The van der Waals surface area contributed by atoms with E-state index in [0.29, 0.717) is 18.7 Å². The number of hydrogen-bond acceptors (Lipinski definition) is 3. The minimum absolute atomic E-state index is 0.0213. The predicted octanol–water partition coefficient (Wildman–Crippen LogP) is 1.05. The van der Waals surface area contributed by atoms with Crippen LogP contribution in [0.3, 0.4) is 0 Å². The number of anilines is 1. The van der Waals surface area contributed by atoms with Gasteiger partial charge in [0.05, 0.1) is 0 Å². The second-order valence-corrected chi connectivity index (χ2v) is 5.18. The molecule has 8 heteroatoms. The standard InChI is InChI=1S/C15H18FN3O4/c16-11-3-1-4-12(9-11)19-8-7-18(10-13(19)20)15(23)17-6-2-5-14(21)22/h1,3-4,9H,2,5-8,10H2,(H,17,23)(H,21,22). The van der Waals surface area contributed by atoms with Gasteiger partial charge >= 0.3 is 12.0 Å². The van der Waals surface area contributed by atoms with Gasteiger partial charge in [0.15, 0.2) is 0 Å². The third-order valence-corrected chi connectivity index (χ3v) is 3.47. The lowest BCUT2D eigenvalue weighted by atomic mass is 10.2. The first-order chi connectivity index (χ1) is 11.0. The van der Waals surface area contributed by atoms with Crippen molar-refractivity contribution in [1.29, 1.82) is 0 Å². The first kappa shape index (κ1) is 16.7. The summed E-state index contributed by atoms with van der Waals surface area (Å²) in [6.45, 7) is 0.753. The van der Waals surface area contributed by atoms with E-state index in [0.717, 1.165) is 0 Å². The maximum Gasteiger partial charge on any atom is 0.317 e. The first-order valence-corrected chi connectivity index (χ1v) is 7.28. The van der Waals surface area contributed by atoms with Crippen LogP contribution in [0.1, 0.15) is 12.8 Å². The van der Waals surface area contributed by atoms with Gasteiger partial charge in [0.1, 0.15) is 12.4 Å². The minimum Gasteiger partial charge on any atom is -0.481 e. The number of rotatable bonds is 5. The van der Waals surface area contributed by atoms with Gasteiger partial charge in [0.2, 0.25) is 5.91 Å². The van der Waals surface area contributed by atoms with E-state index in [-0.39, 0.29) is 32.0 Å². The highest BCUT2D eigenvalue weighted by atomic mass is 19.1. The molecular weight excluding hydrogens is 305 g/mol. The summed E-state index contributed by atoms with van der Waals surface area (Å²) in [5.41, 5.74) is 0.469. The summed E-state index contributed by atoms with van der Waals surface area (Å²) < 4.78 is 13.2. The molecule has 0 unspecified atom stereocenters. The summed E-state index contributed by atoms with van der Waals surface area (Å²) in [7, 11) is 0. The second kappa shape index (κ2) is 7.57. The maximum atomic E-state index is 13.2. The van der Waals surface area contributed by atoms with Crippen molar-refractivity contribution < 1.29 is 23.9 Å². The Kier molecular flexibility index (Phi) is 5.51. The smallest absolute Gasteiger partial charge is 0.317 e. The zero-order chi connectivity index (χ0) is 16.8. The average Bonchev–Trinajstić information content (AvgIpc) is 2.51. The van der Waals surface area contributed by atoms with Crippen LogP contribution in [0, 0.1) is 5.82 Å². The molecule has 1 aromatic carbocycles. The van der Waals surface area contributed by atoms with Crippen molar-refractivity contribution in [2.24, 2.45) is 0 Å². The molecule has 0 saturated carbocycles. The summed E-state index contributed by atoms with van der Waals surface area (Å²) in [5.74, 6) is -1.63. The van der Waals surface area contributed by atoms with Gasteiger partial charge in [0.25, 0.3) is 0 Å². The van der Waals surface area contributed by atoms with Gasteiger partial charge in [-0.3, -0.25) is 9.59 Å². The number of aliphatic carboxylic acids is 1. The number of urea groups is 1. The number of halogens is 1. The monoisotopic (exact) mass is 323 g/mol. The lowest BCUT2D eigenvalue weighted by molar-refractivity contribution is -0.137. The third-order valence-electron chi connectivity index (χ3n) is 3.47. The zero-order valence-corrected chi connectivity index (χ0v) is 12.5. The molecule has 2 rings (SSSR count). The van der Waals surface area contributed by atoms with Crippen molar-refractivity contribution in [3.8, 4) is 0 Å². The molecule has 23 heavy (non-hydrogen) atoms. The number of carboxylic acids is 1. The number of nitrogens with one attached hydrogen (secondary N) is 1. The topological polar surface area (TPSA) is 89.9 Å². The molecule has 2 N–H and O–H groups in total. The molecule has 0 aromatic heterocycles. The molecule has 1 saturated heterocycles. The third kappa shape index (κ3) is 4.67. The fourth-order valence-electron chi connectivity index (χ4n) is 2.31. The number of nitrogens with zero attached hydrogens (tertiary/aromatic N) is 2. The van der Waals surface area contributed by atoms with E-state index in [9.17, 15) is 18.8 Å². The van der Waals surface area contributed by atoms with Crippen LogP contribution >= 0.6 is 0 Å². The van der Waals surface area contributed by atoms with Gasteiger partial charge in [-0.25, -0.2) is 9.18 Å². The number of piperazine rings is 1. The number of carbonyl (C=O) groups is 3. The molecule has 0 atom stereocenters. The van der Waals surface area contributed by atoms with Crippen LogP contribution in [0.4, 0.5) is 14.9 Å². The normalized spacial score (nSPS) is 14.7. The van der Waals surface area contributed by atoms with Crippen molar-refractivity contribution in [3.05, 3.63) is 30.1 Å². The number of hydrogen-bond donors (Lipinski definition) is 2. The Labute approximate surface area is 132 Å². The van der Waals surface area contributed by atoms with Gasteiger partial charge in [0, 0.05) is 31.7 Å². The van der Waals surface area contributed by atoms with Crippen LogP contribution in [-0.2, 0) is 9.59 Å². The Balaban J connectivity index is 1.85.